The molecule has 1 unspecified atom stereocenters. The molecule has 0 saturated carbocycles. The molecule has 1 aromatic rings. The number of nitrogens with zero attached hydrogens (tertiary/aromatic N) is 1. The lowest BCUT2D eigenvalue weighted by Crippen LogP contribution is -2.32. The lowest BCUT2D eigenvalue weighted by molar-refractivity contribution is -0.121. The SMILES string of the molecule is Cc1ccc(N(C)C(=O)C(C)CCCN)c(C)c1. The van der Waals surface area contributed by atoms with Crippen LogP contribution >= 0.6 is 0 Å². The number of aryl methyl sites for hydroxylation is 2. The zero-order valence-electron chi connectivity index (χ0n) is 11.9. The molecule has 2 N–H and O–H groups in total. The summed E-state index contributed by atoms with van der Waals surface area (Å²) in [5.41, 5.74) is 8.82. The third kappa shape index (κ3) is 3.57. The van der Waals surface area contributed by atoms with Crippen LogP contribution in [0.3, 0.4) is 0 Å². The Labute approximate surface area is 110 Å². The predicted molar refractivity (Wildman–Crippen MR) is 76.8 cm³/mol. The molecule has 100 valence electrons. The Morgan fingerprint density at radius 1 is 1.39 bits per heavy atom. The van der Waals surface area contributed by atoms with E-state index in [-0.39, 0.29) is 11.8 Å². The third-order valence-corrected chi connectivity index (χ3v) is 3.31. The van der Waals surface area contributed by atoms with Crippen LogP contribution in [0.25, 0.3) is 0 Å². The number of carbonyl (C=O) groups excluding carboxylic acids is 1. The van der Waals surface area contributed by atoms with E-state index in [2.05, 4.69) is 13.0 Å². The number of benzene rings is 1. The molecule has 0 aliphatic heterocycles. The first kappa shape index (κ1) is 14.7. The van der Waals surface area contributed by atoms with Crippen molar-refractivity contribution in [3.8, 4) is 0 Å². The van der Waals surface area contributed by atoms with E-state index in [1.54, 1.807) is 4.90 Å². The van der Waals surface area contributed by atoms with Crippen LogP contribution in [-0.2, 0) is 4.79 Å². The van der Waals surface area contributed by atoms with E-state index in [0.717, 1.165) is 24.1 Å². The molecule has 18 heavy (non-hydrogen) atoms. The van der Waals surface area contributed by atoms with Crippen molar-refractivity contribution in [1.29, 1.82) is 0 Å². The van der Waals surface area contributed by atoms with Gasteiger partial charge in [0, 0.05) is 18.7 Å². The van der Waals surface area contributed by atoms with E-state index in [4.69, 9.17) is 5.73 Å². The van der Waals surface area contributed by atoms with Crippen LogP contribution in [0.2, 0.25) is 0 Å². The molecule has 0 fully saturated rings. The Morgan fingerprint density at radius 2 is 2.06 bits per heavy atom. The maximum Gasteiger partial charge on any atom is 0.229 e. The van der Waals surface area contributed by atoms with Gasteiger partial charge in [0.05, 0.1) is 0 Å². The molecular formula is C15H24N2O. The van der Waals surface area contributed by atoms with E-state index in [1.807, 2.05) is 33.0 Å². The summed E-state index contributed by atoms with van der Waals surface area (Å²) in [4.78, 5) is 14.0. The summed E-state index contributed by atoms with van der Waals surface area (Å²) >= 11 is 0. The summed E-state index contributed by atoms with van der Waals surface area (Å²) in [5, 5.41) is 0. The molecule has 1 atom stereocenters. The van der Waals surface area contributed by atoms with E-state index >= 15 is 0 Å². The number of nitrogens with two attached hydrogens (primary N) is 1. The number of rotatable bonds is 5. The molecule has 0 aliphatic carbocycles. The second kappa shape index (κ2) is 6.55. The van der Waals surface area contributed by atoms with Crippen molar-refractivity contribution >= 4 is 11.6 Å². The second-order valence-electron chi connectivity index (χ2n) is 5.02. The van der Waals surface area contributed by atoms with Crippen LogP contribution in [-0.4, -0.2) is 19.5 Å². The smallest absolute Gasteiger partial charge is 0.229 e. The molecule has 1 rings (SSSR count). The molecule has 3 nitrogen and oxygen atoms in total. The van der Waals surface area contributed by atoms with Gasteiger partial charge in [-0.3, -0.25) is 4.79 Å². The Kier molecular flexibility index (Phi) is 5.35. The third-order valence-electron chi connectivity index (χ3n) is 3.31. The summed E-state index contributed by atoms with van der Waals surface area (Å²) in [6.07, 6.45) is 1.75. The van der Waals surface area contributed by atoms with Crippen molar-refractivity contribution < 1.29 is 4.79 Å². The fraction of sp³-hybridized carbons (Fsp3) is 0.533. The number of carbonyl (C=O) groups is 1. The first-order valence-corrected chi connectivity index (χ1v) is 6.52. The van der Waals surface area contributed by atoms with Gasteiger partial charge in [-0.25, -0.2) is 0 Å². The molecule has 0 heterocycles. The Bertz CT molecular complexity index is 415. The summed E-state index contributed by atoms with van der Waals surface area (Å²) in [5.74, 6) is 0.189. The molecule has 0 spiro atoms. The standard InChI is InChI=1S/C15H24N2O/c1-11-7-8-14(13(3)10-11)17(4)15(18)12(2)6-5-9-16/h7-8,10,12H,5-6,9,16H2,1-4H3. The van der Waals surface area contributed by atoms with Crippen molar-refractivity contribution in [2.24, 2.45) is 11.7 Å². The highest BCUT2D eigenvalue weighted by Crippen LogP contribution is 2.22. The van der Waals surface area contributed by atoms with Crippen molar-refractivity contribution in [1.82, 2.24) is 0 Å². The fourth-order valence-electron chi connectivity index (χ4n) is 2.18. The van der Waals surface area contributed by atoms with Gasteiger partial charge in [-0.15, -0.1) is 0 Å². The van der Waals surface area contributed by atoms with Crippen LogP contribution in [0.1, 0.15) is 30.9 Å². The number of hydrogen-bond acceptors (Lipinski definition) is 2. The van der Waals surface area contributed by atoms with Gasteiger partial charge >= 0.3 is 0 Å². The Morgan fingerprint density at radius 3 is 2.61 bits per heavy atom. The molecule has 0 saturated heterocycles. The van der Waals surface area contributed by atoms with E-state index in [9.17, 15) is 4.79 Å². The topological polar surface area (TPSA) is 46.3 Å². The van der Waals surface area contributed by atoms with Crippen LogP contribution in [0.4, 0.5) is 5.69 Å². The molecule has 3 heteroatoms. The maximum absolute atomic E-state index is 12.3. The van der Waals surface area contributed by atoms with Gasteiger partial charge in [0.15, 0.2) is 0 Å². The van der Waals surface area contributed by atoms with Gasteiger partial charge in [0.25, 0.3) is 0 Å². The summed E-state index contributed by atoms with van der Waals surface area (Å²) in [6, 6.07) is 6.15. The van der Waals surface area contributed by atoms with Crippen LogP contribution in [0.5, 0.6) is 0 Å². The van der Waals surface area contributed by atoms with Crippen molar-refractivity contribution in [2.45, 2.75) is 33.6 Å². The molecule has 0 aromatic heterocycles. The number of hydrogen-bond donors (Lipinski definition) is 1. The highest BCUT2D eigenvalue weighted by Gasteiger charge is 2.19. The monoisotopic (exact) mass is 248 g/mol. The minimum Gasteiger partial charge on any atom is -0.330 e. The van der Waals surface area contributed by atoms with Crippen molar-refractivity contribution in [3.63, 3.8) is 0 Å². The van der Waals surface area contributed by atoms with Gasteiger partial charge in [-0.05, 0) is 44.9 Å². The highest BCUT2D eigenvalue weighted by atomic mass is 16.2. The zero-order chi connectivity index (χ0) is 13.7. The highest BCUT2D eigenvalue weighted by molar-refractivity contribution is 5.95. The zero-order valence-corrected chi connectivity index (χ0v) is 11.9. The Balaban J connectivity index is 2.79. The van der Waals surface area contributed by atoms with Gasteiger partial charge < -0.3 is 10.6 Å². The van der Waals surface area contributed by atoms with E-state index in [1.165, 1.54) is 5.56 Å². The average molecular weight is 248 g/mol. The normalized spacial score (nSPS) is 12.3. The van der Waals surface area contributed by atoms with Gasteiger partial charge in [-0.1, -0.05) is 24.6 Å². The lowest BCUT2D eigenvalue weighted by Gasteiger charge is -2.23. The summed E-state index contributed by atoms with van der Waals surface area (Å²) < 4.78 is 0. The molecule has 1 aromatic carbocycles. The van der Waals surface area contributed by atoms with Gasteiger partial charge in [-0.2, -0.15) is 0 Å². The van der Waals surface area contributed by atoms with Gasteiger partial charge in [0.1, 0.15) is 0 Å². The van der Waals surface area contributed by atoms with E-state index < -0.39 is 0 Å². The number of anilines is 1. The minimum atomic E-state index is 0.0271. The maximum atomic E-state index is 12.3. The van der Waals surface area contributed by atoms with E-state index in [0.29, 0.717) is 6.54 Å². The van der Waals surface area contributed by atoms with Gasteiger partial charge in [0.2, 0.25) is 5.91 Å². The van der Waals surface area contributed by atoms with Crippen LogP contribution in [0.15, 0.2) is 18.2 Å². The largest absolute Gasteiger partial charge is 0.330 e. The molecular weight excluding hydrogens is 224 g/mol. The van der Waals surface area contributed by atoms with Crippen molar-refractivity contribution in [2.75, 3.05) is 18.5 Å². The first-order chi connectivity index (χ1) is 8.47. The average Bonchev–Trinajstić information content (AvgIpc) is 2.34. The first-order valence-electron chi connectivity index (χ1n) is 6.52. The second-order valence-corrected chi connectivity index (χ2v) is 5.02. The predicted octanol–water partition coefficient (Wildman–Crippen LogP) is 2.64. The molecule has 0 radical (unpaired) electrons. The van der Waals surface area contributed by atoms with Crippen LogP contribution in [0, 0.1) is 19.8 Å². The summed E-state index contributed by atoms with van der Waals surface area (Å²) in [6.45, 7) is 6.71. The number of amides is 1. The molecule has 1 amide bonds. The molecule has 0 aliphatic rings. The lowest BCUT2D eigenvalue weighted by atomic mass is 10.0. The minimum absolute atomic E-state index is 0.0271. The molecule has 0 bridgehead atoms. The van der Waals surface area contributed by atoms with Crippen LogP contribution < -0.4 is 10.6 Å². The summed E-state index contributed by atoms with van der Waals surface area (Å²) in [7, 11) is 1.85. The Hall–Kier alpha value is -1.35. The fourth-order valence-corrected chi connectivity index (χ4v) is 2.18. The quantitative estimate of drug-likeness (QED) is 0.870. The van der Waals surface area contributed by atoms with Crippen molar-refractivity contribution in [3.05, 3.63) is 29.3 Å².